The van der Waals surface area contributed by atoms with Crippen molar-refractivity contribution in [2.75, 3.05) is 26.7 Å². The van der Waals surface area contributed by atoms with E-state index in [0.29, 0.717) is 30.2 Å². The Morgan fingerprint density at radius 1 is 1.33 bits per heavy atom. The molecule has 7 nitrogen and oxygen atoms in total. The molecule has 1 atom stereocenters. The first-order valence-corrected chi connectivity index (χ1v) is 8.70. The molecule has 1 aromatic heterocycles. The molecule has 1 aromatic carbocycles. The molecule has 1 fully saturated rings. The summed E-state index contributed by atoms with van der Waals surface area (Å²) in [7, 11) is 1.63. The molecule has 0 bridgehead atoms. The second-order valence-corrected chi connectivity index (χ2v) is 6.44. The van der Waals surface area contributed by atoms with E-state index in [1.165, 1.54) is 0 Å². The molecule has 1 saturated heterocycles. The van der Waals surface area contributed by atoms with Gasteiger partial charge in [-0.1, -0.05) is 18.2 Å². The number of hydrogen-bond donors (Lipinski definition) is 2. The predicted octanol–water partition coefficient (Wildman–Crippen LogP) is 1.53. The summed E-state index contributed by atoms with van der Waals surface area (Å²) in [5.41, 5.74) is 1.75. The molecule has 0 spiro atoms. The number of hydrogen-bond acceptors (Lipinski definition) is 5. The number of aryl methyl sites for hydroxylation is 2. The van der Waals surface area contributed by atoms with E-state index < -0.39 is 0 Å². The standard InChI is InChI=1S/C19H24N4O3.ClH/c1-12-15(19(25)22-13(2)21-12)10-18(24)23-9-8-20-11-16(23)14-6-4-5-7-17(14)26-3;/h4-7,16,20H,8-11H2,1-3H3,(H,21,22,25);1H. The van der Waals surface area contributed by atoms with Gasteiger partial charge in [-0.15, -0.1) is 12.4 Å². The third-order valence-electron chi connectivity index (χ3n) is 4.73. The molecule has 1 amide bonds. The van der Waals surface area contributed by atoms with Crippen LogP contribution in [0.25, 0.3) is 0 Å². The fourth-order valence-electron chi connectivity index (χ4n) is 3.43. The minimum absolute atomic E-state index is 0. The van der Waals surface area contributed by atoms with Crippen LogP contribution in [0.5, 0.6) is 5.75 Å². The molecule has 27 heavy (non-hydrogen) atoms. The quantitative estimate of drug-likeness (QED) is 0.824. The van der Waals surface area contributed by atoms with Crippen molar-refractivity contribution < 1.29 is 9.53 Å². The average molecular weight is 393 g/mol. The summed E-state index contributed by atoms with van der Waals surface area (Å²) in [6.45, 7) is 5.44. The van der Waals surface area contributed by atoms with Crippen molar-refractivity contribution in [3.63, 3.8) is 0 Å². The average Bonchev–Trinajstić information content (AvgIpc) is 2.64. The maximum absolute atomic E-state index is 13.0. The van der Waals surface area contributed by atoms with Crippen LogP contribution in [0.2, 0.25) is 0 Å². The van der Waals surface area contributed by atoms with E-state index in [4.69, 9.17) is 4.74 Å². The van der Waals surface area contributed by atoms with E-state index in [2.05, 4.69) is 15.3 Å². The van der Waals surface area contributed by atoms with Crippen LogP contribution in [0.3, 0.4) is 0 Å². The van der Waals surface area contributed by atoms with Gasteiger partial charge in [-0.05, 0) is 19.9 Å². The van der Waals surface area contributed by atoms with Crippen molar-refractivity contribution in [3.8, 4) is 5.75 Å². The Balaban J connectivity index is 0.00000261. The molecule has 1 aliphatic heterocycles. The number of nitrogens with one attached hydrogen (secondary N) is 2. The third-order valence-corrected chi connectivity index (χ3v) is 4.73. The molecule has 3 rings (SSSR count). The van der Waals surface area contributed by atoms with Crippen LogP contribution in [-0.2, 0) is 11.2 Å². The van der Waals surface area contributed by atoms with Crippen LogP contribution in [0, 0.1) is 13.8 Å². The van der Waals surface area contributed by atoms with Gasteiger partial charge in [0, 0.05) is 36.5 Å². The summed E-state index contributed by atoms with van der Waals surface area (Å²) in [5.74, 6) is 1.23. The van der Waals surface area contributed by atoms with Gasteiger partial charge in [0.05, 0.1) is 19.6 Å². The Bertz CT molecular complexity index is 868. The maximum atomic E-state index is 13.0. The minimum Gasteiger partial charge on any atom is -0.496 e. The van der Waals surface area contributed by atoms with Crippen molar-refractivity contribution in [3.05, 3.63) is 57.3 Å². The molecule has 1 aliphatic rings. The monoisotopic (exact) mass is 392 g/mol. The first kappa shape index (κ1) is 20.9. The van der Waals surface area contributed by atoms with Crippen molar-refractivity contribution >= 4 is 18.3 Å². The van der Waals surface area contributed by atoms with Crippen molar-refractivity contribution in [2.24, 2.45) is 0 Å². The number of aromatic amines is 1. The minimum atomic E-state index is -0.243. The van der Waals surface area contributed by atoms with E-state index >= 15 is 0 Å². The Morgan fingerprint density at radius 3 is 2.78 bits per heavy atom. The number of halogens is 1. The Morgan fingerprint density at radius 2 is 2.07 bits per heavy atom. The van der Waals surface area contributed by atoms with Gasteiger partial charge in [0.2, 0.25) is 5.91 Å². The molecule has 0 radical (unpaired) electrons. The first-order valence-electron chi connectivity index (χ1n) is 8.70. The number of aromatic nitrogens is 2. The van der Waals surface area contributed by atoms with Crippen LogP contribution in [-0.4, -0.2) is 47.5 Å². The zero-order chi connectivity index (χ0) is 18.7. The number of piperazine rings is 1. The van der Waals surface area contributed by atoms with E-state index in [1.54, 1.807) is 21.0 Å². The van der Waals surface area contributed by atoms with Gasteiger partial charge in [0.25, 0.3) is 5.56 Å². The normalized spacial score (nSPS) is 16.6. The van der Waals surface area contributed by atoms with Crippen LogP contribution < -0.4 is 15.6 Å². The number of rotatable bonds is 4. The van der Waals surface area contributed by atoms with Crippen LogP contribution in [0.4, 0.5) is 0 Å². The highest BCUT2D eigenvalue weighted by Gasteiger charge is 2.30. The highest BCUT2D eigenvalue weighted by Crippen LogP contribution is 2.30. The van der Waals surface area contributed by atoms with Gasteiger partial charge >= 0.3 is 0 Å². The number of nitrogens with zero attached hydrogens (tertiary/aromatic N) is 2. The lowest BCUT2D eigenvalue weighted by Crippen LogP contribution is -2.49. The Labute approximate surface area is 164 Å². The van der Waals surface area contributed by atoms with Gasteiger partial charge in [-0.25, -0.2) is 4.98 Å². The number of carbonyl (C=O) groups excluding carboxylic acids is 1. The summed E-state index contributed by atoms with van der Waals surface area (Å²) in [4.78, 5) is 34.0. The molecule has 8 heteroatoms. The highest BCUT2D eigenvalue weighted by atomic mass is 35.5. The highest BCUT2D eigenvalue weighted by molar-refractivity contribution is 5.85. The lowest BCUT2D eigenvalue weighted by atomic mass is 10.0. The lowest BCUT2D eigenvalue weighted by molar-refractivity contribution is -0.133. The largest absolute Gasteiger partial charge is 0.496 e. The summed E-state index contributed by atoms with van der Waals surface area (Å²) < 4.78 is 5.47. The van der Waals surface area contributed by atoms with Gasteiger partial charge in [0.1, 0.15) is 11.6 Å². The van der Waals surface area contributed by atoms with Crippen molar-refractivity contribution in [2.45, 2.75) is 26.3 Å². The Hall–Kier alpha value is -2.38. The van der Waals surface area contributed by atoms with Gasteiger partial charge in [0.15, 0.2) is 0 Å². The summed E-state index contributed by atoms with van der Waals surface area (Å²) in [6, 6.07) is 7.58. The predicted molar refractivity (Wildman–Crippen MR) is 106 cm³/mol. The molecule has 146 valence electrons. The number of methoxy groups -OCH3 is 1. The van der Waals surface area contributed by atoms with Crippen LogP contribution in [0.15, 0.2) is 29.1 Å². The fourth-order valence-corrected chi connectivity index (χ4v) is 3.43. The van der Waals surface area contributed by atoms with Gasteiger partial charge in [-0.2, -0.15) is 0 Å². The maximum Gasteiger partial charge on any atom is 0.254 e. The SMILES string of the molecule is COc1ccccc1C1CNCCN1C(=O)Cc1c(C)nc(C)[nH]c1=O.Cl. The number of H-pyrrole nitrogens is 1. The number of benzene rings is 1. The topological polar surface area (TPSA) is 87.3 Å². The van der Waals surface area contributed by atoms with E-state index in [9.17, 15) is 9.59 Å². The van der Waals surface area contributed by atoms with E-state index in [-0.39, 0.29) is 36.3 Å². The molecule has 2 N–H and O–H groups in total. The van der Waals surface area contributed by atoms with Gasteiger partial charge in [-0.3, -0.25) is 9.59 Å². The molecule has 2 heterocycles. The van der Waals surface area contributed by atoms with Crippen molar-refractivity contribution in [1.82, 2.24) is 20.2 Å². The fraction of sp³-hybridized carbons (Fsp3) is 0.421. The van der Waals surface area contributed by atoms with E-state index in [1.807, 2.05) is 29.2 Å². The van der Waals surface area contributed by atoms with Crippen LogP contribution in [0.1, 0.15) is 28.7 Å². The zero-order valence-electron chi connectivity index (χ0n) is 15.7. The second kappa shape index (κ2) is 9.01. The summed E-state index contributed by atoms with van der Waals surface area (Å²) in [5, 5.41) is 3.33. The smallest absolute Gasteiger partial charge is 0.254 e. The lowest BCUT2D eigenvalue weighted by Gasteiger charge is -2.37. The van der Waals surface area contributed by atoms with Gasteiger partial charge < -0.3 is 19.9 Å². The molecular weight excluding hydrogens is 368 g/mol. The van der Waals surface area contributed by atoms with Crippen LogP contribution >= 0.6 is 12.4 Å². The van der Waals surface area contributed by atoms with Crippen molar-refractivity contribution in [1.29, 1.82) is 0 Å². The summed E-state index contributed by atoms with van der Waals surface area (Å²) in [6.07, 6.45) is 0.0418. The summed E-state index contributed by atoms with van der Waals surface area (Å²) >= 11 is 0. The third kappa shape index (κ3) is 4.48. The molecular formula is C19H25ClN4O3. The second-order valence-electron chi connectivity index (χ2n) is 6.44. The molecule has 1 unspecified atom stereocenters. The number of amides is 1. The molecule has 0 aliphatic carbocycles. The number of carbonyl (C=O) groups is 1. The Kier molecular flexibility index (Phi) is 6.98. The first-order chi connectivity index (χ1) is 12.5. The zero-order valence-corrected chi connectivity index (χ0v) is 16.6. The van der Waals surface area contributed by atoms with E-state index in [0.717, 1.165) is 17.9 Å². The number of ether oxygens (including phenoxy) is 1. The molecule has 2 aromatic rings. The molecule has 0 saturated carbocycles. The number of para-hydroxylation sites is 1.